The summed E-state index contributed by atoms with van der Waals surface area (Å²) in [5, 5.41) is 4.26. The zero-order valence-corrected chi connectivity index (χ0v) is 15.1. The molecule has 0 spiro atoms. The highest BCUT2D eigenvalue weighted by Crippen LogP contribution is 2.61. The Bertz CT molecular complexity index is 722. The molecule has 1 N–H and O–H groups in total. The maximum atomic E-state index is 6.21. The zero-order chi connectivity index (χ0) is 16.7. The van der Waals surface area contributed by atoms with Gasteiger partial charge in [0, 0.05) is 6.54 Å². The van der Waals surface area contributed by atoms with Gasteiger partial charge < -0.3 is 9.73 Å². The average molecular weight is 345 g/mol. The Hall–Kier alpha value is -1.32. The van der Waals surface area contributed by atoms with Gasteiger partial charge >= 0.3 is 0 Å². The second kappa shape index (κ2) is 6.20. The van der Waals surface area contributed by atoms with Gasteiger partial charge in [0.1, 0.15) is 6.26 Å². The minimum atomic E-state index is 0.551. The van der Waals surface area contributed by atoms with Crippen LogP contribution in [0.4, 0.5) is 0 Å². The first-order valence-corrected chi connectivity index (χ1v) is 9.33. The highest BCUT2D eigenvalue weighted by Gasteiger charge is 2.53. The van der Waals surface area contributed by atoms with Gasteiger partial charge in [-0.25, -0.2) is 4.98 Å². The fraction of sp³-hybridized carbons (Fsp3) is 0.550. The molecule has 0 aliphatic heterocycles. The van der Waals surface area contributed by atoms with E-state index in [-0.39, 0.29) is 0 Å². The highest BCUT2D eigenvalue weighted by molar-refractivity contribution is 6.33. The molecule has 3 saturated carbocycles. The van der Waals surface area contributed by atoms with E-state index in [4.69, 9.17) is 16.0 Å². The molecule has 1 aromatic heterocycles. The lowest BCUT2D eigenvalue weighted by Gasteiger charge is -2.60. The molecule has 3 atom stereocenters. The molecule has 3 fully saturated rings. The van der Waals surface area contributed by atoms with Crippen molar-refractivity contribution >= 4 is 11.6 Å². The number of hydrogen-bond donors (Lipinski definition) is 1. The van der Waals surface area contributed by atoms with Crippen molar-refractivity contribution < 1.29 is 4.42 Å². The largest absolute Gasteiger partial charge is 0.444 e. The molecule has 24 heavy (non-hydrogen) atoms. The first kappa shape index (κ1) is 16.2. The predicted molar refractivity (Wildman–Crippen MR) is 96.8 cm³/mol. The summed E-state index contributed by atoms with van der Waals surface area (Å²) in [4.78, 5) is 4.57. The maximum absolute atomic E-state index is 6.21. The van der Waals surface area contributed by atoms with Gasteiger partial charge in [-0.1, -0.05) is 37.6 Å². The number of nitrogens with zero attached hydrogens (tertiary/aromatic N) is 1. The molecule has 0 unspecified atom stereocenters. The third-order valence-corrected chi connectivity index (χ3v) is 6.70. The second-order valence-corrected chi connectivity index (χ2v) is 8.36. The standard InChI is InChI=1S/C20H25ClN2O/c1-20(2)14-8-7-13(17(20)9-14)10-22-11-15-12-24-19(23-15)16-5-3-4-6-18(16)21/h3-6,12-14,17,22H,7-11H2,1-2H3/t13-,14-,17-/m0/s1. The summed E-state index contributed by atoms with van der Waals surface area (Å²) in [7, 11) is 0. The fourth-order valence-electron chi connectivity index (χ4n) is 4.74. The van der Waals surface area contributed by atoms with Crippen LogP contribution in [0.15, 0.2) is 34.9 Å². The quantitative estimate of drug-likeness (QED) is 0.814. The molecule has 5 rings (SSSR count). The van der Waals surface area contributed by atoms with Crippen LogP contribution >= 0.6 is 11.6 Å². The summed E-state index contributed by atoms with van der Waals surface area (Å²) < 4.78 is 5.60. The Balaban J connectivity index is 1.34. The molecule has 128 valence electrons. The van der Waals surface area contributed by atoms with Crippen LogP contribution in [0.5, 0.6) is 0 Å². The van der Waals surface area contributed by atoms with E-state index in [2.05, 4.69) is 24.1 Å². The normalized spacial score (nSPS) is 27.7. The van der Waals surface area contributed by atoms with Gasteiger partial charge in [-0.05, 0) is 61.1 Å². The first-order chi connectivity index (χ1) is 11.6. The van der Waals surface area contributed by atoms with Crippen LogP contribution in [0.1, 0.15) is 38.8 Å². The third-order valence-electron chi connectivity index (χ3n) is 6.37. The van der Waals surface area contributed by atoms with Gasteiger partial charge in [0.25, 0.3) is 0 Å². The summed E-state index contributed by atoms with van der Waals surface area (Å²) in [6.45, 7) is 6.73. The lowest BCUT2D eigenvalue weighted by atomic mass is 9.45. The van der Waals surface area contributed by atoms with Crippen molar-refractivity contribution in [2.24, 2.45) is 23.2 Å². The molecule has 2 aromatic rings. The molecule has 2 bridgehead atoms. The van der Waals surface area contributed by atoms with E-state index in [1.807, 2.05) is 24.3 Å². The zero-order valence-electron chi connectivity index (χ0n) is 14.4. The number of halogens is 1. The predicted octanol–water partition coefficient (Wildman–Crippen LogP) is 5.16. The van der Waals surface area contributed by atoms with Crippen LogP contribution in [0, 0.1) is 23.2 Å². The first-order valence-electron chi connectivity index (χ1n) is 8.95. The highest BCUT2D eigenvalue weighted by atomic mass is 35.5. The van der Waals surface area contributed by atoms with Crippen molar-refractivity contribution in [2.75, 3.05) is 6.54 Å². The molecular weight excluding hydrogens is 320 g/mol. The van der Waals surface area contributed by atoms with Gasteiger partial charge in [-0.3, -0.25) is 0 Å². The Morgan fingerprint density at radius 3 is 2.88 bits per heavy atom. The molecule has 3 nitrogen and oxygen atoms in total. The second-order valence-electron chi connectivity index (χ2n) is 7.95. The Morgan fingerprint density at radius 2 is 2.12 bits per heavy atom. The van der Waals surface area contributed by atoms with Gasteiger partial charge in [0.05, 0.1) is 16.3 Å². The van der Waals surface area contributed by atoms with Gasteiger partial charge in [0.2, 0.25) is 5.89 Å². The molecule has 1 heterocycles. The van der Waals surface area contributed by atoms with Crippen molar-refractivity contribution in [2.45, 2.75) is 39.7 Å². The number of aromatic nitrogens is 1. The topological polar surface area (TPSA) is 38.1 Å². The van der Waals surface area contributed by atoms with Crippen LogP contribution in [-0.4, -0.2) is 11.5 Å². The number of benzene rings is 1. The van der Waals surface area contributed by atoms with Crippen LogP contribution in [-0.2, 0) is 6.54 Å². The molecule has 3 aliphatic rings. The van der Waals surface area contributed by atoms with Crippen molar-refractivity contribution in [1.29, 1.82) is 0 Å². The monoisotopic (exact) mass is 344 g/mol. The molecular formula is C20H25ClN2O. The summed E-state index contributed by atoms with van der Waals surface area (Å²) in [6, 6.07) is 7.65. The molecule has 0 saturated heterocycles. The van der Waals surface area contributed by atoms with E-state index in [9.17, 15) is 0 Å². The van der Waals surface area contributed by atoms with E-state index in [1.54, 1.807) is 6.26 Å². The molecule has 3 aliphatic carbocycles. The number of oxazole rings is 1. The fourth-order valence-corrected chi connectivity index (χ4v) is 4.96. The van der Waals surface area contributed by atoms with E-state index in [1.165, 1.54) is 19.3 Å². The smallest absolute Gasteiger partial charge is 0.227 e. The van der Waals surface area contributed by atoms with Crippen molar-refractivity contribution in [3.8, 4) is 11.5 Å². The Labute approximate surface area is 148 Å². The number of fused-ring (bicyclic) bond motifs is 2. The maximum Gasteiger partial charge on any atom is 0.227 e. The van der Waals surface area contributed by atoms with E-state index < -0.39 is 0 Å². The number of nitrogens with one attached hydrogen (secondary N) is 1. The van der Waals surface area contributed by atoms with Crippen molar-refractivity contribution in [3.63, 3.8) is 0 Å². The van der Waals surface area contributed by atoms with Crippen LogP contribution in [0.25, 0.3) is 11.5 Å². The van der Waals surface area contributed by atoms with E-state index in [0.29, 0.717) is 16.3 Å². The van der Waals surface area contributed by atoms with Gasteiger partial charge in [-0.15, -0.1) is 0 Å². The summed E-state index contributed by atoms with van der Waals surface area (Å²) in [6.07, 6.45) is 5.93. The Kier molecular flexibility index (Phi) is 4.17. The molecule has 4 heteroatoms. The van der Waals surface area contributed by atoms with Gasteiger partial charge in [-0.2, -0.15) is 0 Å². The van der Waals surface area contributed by atoms with Crippen LogP contribution < -0.4 is 5.32 Å². The Morgan fingerprint density at radius 1 is 1.29 bits per heavy atom. The van der Waals surface area contributed by atoms with E-state index >= 15 is 0 Å². The third kappa shape index (κ3) is 2.78. The average Bonchev–Trinajstić information content (AvgIpc) is 3.04. The summed E-state index contributed by atoms with van der Waals surface area (Å²) >= 11 is 6.21. The van der Waals surface area contributed by atoms with Crippen LogP contribution in [0.3, 0.4) is 0 Å². The van der Waals surface area contributed by atoms with Gasteiger partial charge in [0.15, 0.2) is 0 Å². The van der Waals surface area contributed by atoms with Crippen LogP contribution in [0.2, 0.25) is 5.02 Å². The minimum Gasteiger partial charge on any atom is -0.444 e. The van der Waals surface area contributed by atoms with Crippen molar-refractivity contribution in [3.05, 3.63) is 41.2 Å². The lowest BCUT2D eigenvalue weighted by molar-refractivity contribution is -0.103. The molecule has 1 aromatic carbocycles. The van der Waals surface area contributed by atoms with E-state index in [0.717, 1.165) is 42.1 Å². The summed E-state index contributed by atoms with van der Waals surface area (Å²) in [5.74, 6) is 3.25. The van der Waals surface area contributed by atoms with Crippen molar-refractivity contribution in [1.82, 2.24) is 10.3 Å². The summed E-state index contributed by atoms with van der Waals surface area (Å²) in [5.41, 5.74) is 2.34. The number of rotatable bonds is 5. The molecule has 0 amide bonds. The SMILES string of the molecule is CC1(C)[C@H]2CC[C@@H](CNCc3coc(-c4ccccc4Cl)n3)[C@@H]1C2. The lowest BCUT2D eigenvalue weighted by Crippen LogP contribution is -2.54. The molecule has 0 radical (unpaired) electrons. The minimum absolute atomic E-state index is 0.551. The number of hydrogen-bond acceptors (Lipinski definition) is 3.